The molecule has 8 heteroatoms. The third kappa shape index (κ3) is 6.76. The van der Waals surface area contributed by atoms with Crippen LogP contribution in [-0.2, 0) is 18.7 Å². The molecule has 3 rings (SSSR count). The van der Waals surface area contributed by atoms with Gasteiger partial charge in [-0.15, -0.1) is 0 Å². The first kappa shape index (κ1) is 21.1. The number of nitrogens with zero attached hydrogens (tertiary/aromatic N) is 3. The van der Waals surface area contributed by atoms with Crippen molar-refractivity contribution in [3.8, 4) is 0 Å². The average Bonchev–Trinajstić information content (AvgIpc) is 3.12. The predicted octanol–water partition coefficient (Wildman–Crippen LogP) is 3.06. The molecule has 0 aliphatic rings. The van der Waals surface area contributed by atoms with Crippen LogP contribution in [-0.4, -0.2) is 46.2 Å². The van der Waals surface area contributed by atoms with Crippen LogP contribution in [0.5, 0.6) is 0 Å². The second-order valence-electron chi connectivity index (χ2n) is 7.16. The molecule has 0 radical (unpaired) electrons. The third-order valence-electron chi connectivity index (χ3n) is 4.21. The maximum atomic E-state index is 12.3. The Morgan fingerprint density at radius 2 is 1.97 bits per heavy atom. The highest BCUT2D eigenvalue weighted by molar-refractivity contribution is 7.98. The molecule has 7 nitrogen and oxygen atoms in total. The summed E-state index contributed by atoms with van der Waals surface area (Å²) in [5.74, 6) is 4.15. The first-order valence-electron chi connectivity index (χ1n) is 9.53. The number of hydrogen-bond donors (Lipinski definition) is 2. The summed E-state index contributed by atoms with van der Waals surface area (Å²) in [4.78, 5) is 25.8. The fourth-order valence-corrected chi connectivity index (χ4v) is 3.52. The Morgan fingerprint density at radius 3 is 2.69 bits per heavy atom. The summed E-state index contributed by atoms with van der Waals surface area (Å²) in [5.41, 5.74) is 2.45. The van der Waals surface area contributed by atoms with Crippen molar-refractivity contribution in [3.05, 3.63) is 75.4 Å². The molecule has 0 aliphatic heterocycles. The van der Waals surface area contributed by atoms with Crippen LogP contribution in [0.3, 0.4) is 0 Å². The monoisotopic (exact) mass is 413 g/mol. The van der Waals surface area contributed by atoms with Crippen molar-refractivity contribution in [2.45, 2.75) is 25.6 Å². The lowest BCUT2D eigenvalue weighted by atomic mass is 10.1. The lowest BCUT2D eigenvalue weighted by Crippen LogP contribution is -2.18. The SMILES string of the molecule is Cc1ccc(Cc2cnc(NCCSCc3ccc(CN(C)C)o3)[nH]c2=O)cn1. The third-order valence-corrected chi connectivity index (χ3v) is 5.19. The van der Waals surface area contributed by atoms with E-state index < -0.39 is 0 Å². The molecule has 29 heavy (non-hydrogen) atoms. The molecule has 3 aromatic heterocycles. The number of rotatable bonds is 10. The van der Waals surface area contributed by atoms with E-state index in [-0.39, 0.29) is 5.56 Å². The first-order chi connectivity index (χ1) is 14.0. The van der Waals surface area contributed by atoms with Gasteiger partial charge in [0, 0.05) is 42.4 Å². The molecule has 0 aromatic carbocycles. The maximum Gasteiger partial charge on any atom is 0.255 e. The van der Waals surface area contributed by atoms with Crippen LogP contribution < -0.4 is 10.9 Å². The average molecular weight is 414 g/mol. The molecule has 2 N–H and O–H groups in total. The summed E-state index contributed by atoms with van der Waals surface area (Å²) >= 11 is 1.77. The fourth-order valence-electron chi connectivity index (χ4n) is 2.77. The van der Waals surface area contributed by atoms with E-state index in [1.807, 2.05) is 45.3 Å². The van der Waals surface area contributed by atoms with E-state index in [4.69, 9.17) is 4.42 Å². The smallest absolute Gasteiger partial charge is 0.255 e. The van der Waals surface area contributed by atoms with E-state index in [1.54, 1.807) is 24.2 Å². The van der Waals surface area contributed by atoms with Crippen LogP contribution in [0.15, 0.2) is 45.9 Å². The van der Waals surface area contributed by atoms with Gasteiger partial charge in [0.2, 0.25) is 5.95 Å². The Morgan fingerprint density at radius 1 is 1.14 bits per heavy atom. The molecule has 0 atom stereocenters. The predicted molar refractivity (Wildman–Crippen MR) is 117 cm³/mol. The van der Waals surface area contributed by atoms with E-state index in [0.717, 1.165) is 40.8 Å². The Bertz CT molecular complexity index is 966. The number of aryl methyl sites for hydroxylation is 1. The molecule has 154 valence electrons. The van der Waals surface area contributed by atoms with Gasteiger partial charge in [0.25, 0.3) is 5.56 Å². The van der Waals surface area contributed by atoms with Crippen molar-refractivity contribution in [2.75, 3.05) is 31.7 Å². The minimum absolute atomic E-state index is 0.125. The topological polar surface area (TPSA) is 87.0 Å². The van der Waals surface area contributed by atoms with E-state index in [9.17, 15) is 4.79 Å². The lowest BCUT2D eigenvalue weighted by Gasteiger charge is -2.07. The van der Waals surface area contributed by atoms with E-state index in [2.05, 4.69) is 25.2 Å². The summed E-state index contributed by atoms with van der Waals surface area (Å²) in [6, 6.07) is 7.97. The molecule has 0 amide bonds. The number of aromatic nitrogens is 3. The van der Waals surface area contributed by atoms with Crippen LogP contribution in [0.2, 0.25) is 0 Å². The Kier molecular flexibility index (Phi) is 7.48. The van der Waals surface area contributed by atoms with Crippen molar-refractivity contribution >= 4 is 17.7 Å². The van der Waals surface area contributed by atoms with Gasteiger partial charge in [0.05, 0.1) is 12.3 Å². The van der Waals surface area contributed by atoms with Gasteiger partial charge >= 0.3 is 0 Å². The maximum absolute atomic E-state index is 12.3. The summed E-state index contributed by atoms with van der Waals surface area (Å²) in [7, 11) is 4.04. The number of H-pyrrole nitrogens is 1. The molecule has 0 unspecified atom stereocenters. The molecule has 0 spiro atoms. The minimum atomic E-state index is -0.125. The molecular formula is C21H27N5O2S. The largest absolute Gasteiger partial charge is 0.464 e. The van der Waals surface area contributed by atoms with Gasteiger partial charge < -0.3 is 14.6 Å². The van der Waals surface area contributed by atoms with Crippen LogP contribution in [0, 0.1) is 6.92 Å². The van der Waals surface area contributed by atoms with Gasteiger partial charge in [0.1, 0.15) is 11.5 Å². The Labute approximate surface area is 175 Å². The molecule has 0 saturated heterocycles. The second-order valence-corrected chi connectivity index (χ2v) is 8.26. The highest BCUT2D eigenvalue weighted by Crippen LogP contribution is 2.16. The van der Waals surface area contributed by atoms with Crippen LogP contribution in [0.4, 0.5) is 5.95 Å². The minimum Gasteiger partial charge on any atom is -0.464 e. The van der Waals surface area contributed by atoms with Gasteiger partial charge in [0.15, 0.2) is 0 Å². The Balaban J connectivity index is 1.41. The molecule has 0 fully saturated rings. The van der Waals surface area contributed by atoms with Crippen LogP contribution in [0.25, 0.3) is 0 Å². The number of hydrogen-bond acceptors (Lipinski definition) is 7. The first-order valence-corrected chi connectivity index (χ1v) is 10.7. The molecule has 3 aromatic rings. The summed E-state index contributed by atoms with van der Waals surface area (Å²) in [5, 5.41) is 3.16. The van der Waals surface area contributed by atoms with Crippen molar-refractivity contribution in [2.24, 2.45) is 0 Å². The summed E-state index contributed by atoms with van der Waals surface area (Å²) < 4.78 is 5.80. The van der Waals surface area contributed by atoms with E-state index in [0.29, 0.717) is 24.5 Å². The highest BCUT2D eigenvalue weighted by Gasteiger charge is 2.06. The van der Waals surface area contributed by atoms with Crippen molar-refractivity contribution in [1.29, 1.82) is 0 Å². The molecule has 0 bridgehead atoms. The zero-order valence-electron chi connectivity index (χ0n) is 17.1. The van der Waals surface area contributed by atoms with Crippen LogP contribution >= 0.6 is 11.8 Å². The zero-order valence-corrected chi connectivity index (χ0v) is 17.9. The van der Waals surface area contributed by atoms with Crippen molar-refractivity contribution in [1.82, 2.24) is 19.9 Å². The standard InChI is InChI=1S/C21H27N5O2S/c1-15-4-5-16(11-23-15)10-17-12-24-21(25-20(17)27)22-8-9-29-14-19-7-6-18(28-19)13-26(2)3/h4-7,11-12H,8-10,13-14H2,1-3H3,(H2,22,24,25,27). The normalized spacial score (nSPS) is 11.2. The number of thioether (sulfide) groups is 1. The molecule has 0 aliphatic carbocycles. The quantitative estimate of drug-likeness (QED) is 0.494. The van der Waals surface area contributed by atoms with E-state index in [1.165, 1.54) is 0 Å². The fraction of sp³-hybridized carbons (Fsp3) is 0.381. The van der Waals surface area contributed by atoms with Gasteiger partial charge in [-0.1, -0.05) is 6.07 Å². The Hall–Kier alpha value is -2.58. The van der Waals surface area contributed by atoms with Crippen molar-refractivity contribution < 1.29 is 4.42 Å². The number of aromatic amines is 1. The van der Waals surface area contributed by atoms with E-state index >= 15 is 0 Å². The number of nitrogens with one attached hydrogen (secondary N) is 2. The number of pyridine rings is 1. The van der Waals surface area contributed by atoms with Gasteiger partial charge in [-0.3, -0.25) is 14.8 Å². The summed E-state index contributed by atoms with van der Waals surface area (Å²) in [6.45, 7) is 3.45. The number of anilines is 1. The van der Waals surface area contributed by atoms with Crippen molar-refractivity contribution in [3.63, 3.8) is 0 Å². The molecule has 0 saturated carbocycles. The highest BCUT2D eigenvalue weighted by atomic mass is 32.2. The second kappa shape index (κ2) is 10.3. The molecular weight excluding hydrogens is 386 g/mol. The lowest BCUT2D eigenvalue weighted by molar-refractivity contribution is 0.344. The number of furan rings is 1. The van der Waals surface area contributed by atoms with Crippen LogP contribution in [0.1, 0.15) is 28.3 Å². The summed E-state index contributed by atoms with van der Waals surface area (Å²) in [6.07, 6.45) is 3.94. The van der Waals surface area contributed by atoms with Gasteiger partial charge in [-0.2, -0.15) is 11.8 Å². The molecule has 3 heterocycles. The zero-order chi connectivity index (χ0) is 20.6. The van der Waals surface area contributed by atoms with Gasteiger partial charge in [-0.25, -0.2) is 4.98 Å². The van der Waals surface area contributed by atoms with Gasteiger partial charge in [-0.05, 0) is 44.8 Å².